The molecule has 0 saturated carbocycles. The number of ether oxygens (including phenoxy) is 1. The molecule has 4 aromatic rings. The molecule has 0 unspecified atom stereocenters. The molecule has 2 aromatic carbocycles. The van der Waals surface area contributed by atoms with Crippen molar-refractivity contribution in [2.45, 2.75) is 10.9 Å². The molecule has 0 spiro atoms. The van der Waals surface area contributed by atoms with Gasteiger partial charge < -0.3 is 10.1 Å². The van der Waals surface area contributed by atoms with Crippen LogP contribution in [0.25, 0.3) is 17.1 Å². The summed E-state index contributed by atoms with van der Waals surface area (Å²) < 4.78 is 20.4. The second-order valence-corrected chi connectivity index (χ2v) is 8.00. The monoisotopic (exact) mass is 463 g/mol. The summed E-state index contributed by atoms with van der Waals surface area (Å²) in [6.45, 7) is 0.880. The van der Waals surface area contributed by atoms with Gasteiger partial charge in [0, 0.05) is 48.6 Å². The van der Waals surface area contributed by atoms with Gasteiger partial charge in [0.2, 0.25) is 0 Å². The van der Waals surface area contributed by atoms with Gasteiger partial charge in [-0.05, 0) is 48.0 Å². The first-order valence-corrected chi connectivity index (χ1v) is 11.3. The molecular formula is C24H22FN5O2S. The number of nitrogens with one attached hydrogen (secondary N) is 1. The normalized spacial score (nSPS) is 10.8. The Morgan fingerprint density at radius 2 is 1.91 bits per heavy atom. The van der Waals surface area contributed by atoms with E-state index in [0.29, 0.717) is 35.4 Å². The molecule has 0 aliphatic rings. The Balaban J connectivity index is 1.63. The van der Waals surface area contributed by atoms with E-state index in [1.807, 2.05) is 34.9 Å². The highest BCUT2D eigenvalue weighted by molar-refractivity contribution is 7.98. The minimum Gasteiger partial charge on any atom is -0.383 e. The van der Waals surface area contributed by atoms with Gasteiger partial charge in [0.1, 0.15) is 5.82 Å². The van der Waals surface area contributed by atoms with Crippen LogP contribution in [0.2, 0.25) is 0 Å². The fraction of sp³-hybridized carbons (Fsp3) is 0.167. The van der Waals surface area contributed by atoms with Gasteiger partial charge in [-0.15, -0.1) is 10.2 Å². The zero-order chi connectivity index (χ0) is 23.0. The molecule has 0 atom stereocenters. The van der Waals surface area contributed by atoms with Crippen LogP contribution >= 0.6 is 11.8 Å². The average Bonchev–Trinajstić information content (AvgIpc) is 3.28. The summed E-state index contributed by atoms with van der Waals surface area (Å²) in [6, 6.07) is 17.3. The lowest BCUT2D eigenvalue weighted by Gasteiger charge is -2.12. The van der Waals surface area contributed by atoms with Crippen molar-refractivity contribution in [3.63, 3.8) is 0 Å². The fourth-order valence-corrected chi connectivity index (χ4v) is 4.20. The molecule has 0 fully saturated rings. The largest absolute Gasteiger partial charge is 0.383 e. The number of benzene rings is 2. The van der Waals surface area contributed by atoms with Crippen LogP contribution < -0.4 is 5.32 Å². The van der Waals surface area contributed by atoms with Crippen LogP contribution in [0.3, 0.4) is 0 Å². The van der Waals surface area contributed by atoms with Crippen LogP contribution in [-0.4, -0.2) is 45.9 Å². The Morgan fingerprint density at radius 3 is 2.67 bits per heavy atom. The zero-order valence-corrected chi connectivity index (χ0v) is 18.8. The number of rotatable bonds is 9. The predicted octanol–water partition coefficient (Wildman–Crippen LogP) is 4.14. The van der Waals surface area contributed by atoms with E-state index in [0.717, 1.165) is 16.8 Å². The molecule has 0 aliphatic heterocycles. The number of hydrogen-bond donors (Lipinski definition) is 1. The van der Waals surface area contributed by atoms with Crippen molar-refractivity contribution < 1.29 is 13.9 Å². The van der Waals surface area contributed by atoms with E-state index in [-0.39, 0.29) is 11.7 Å². The molecule has 168 valence electrons. The van der Waals surface area contributed by atoms with E-state index in [2.05, 4.69) is 20.5 Å². The highest BCUT2D eigenvalue weighted by Gasteiger charge is 2.18. The average molecular weight is 464 g/mol. The SMILES string of the molecule is COCCNC(=O)c1ccccc1CSc1nnc(-c2cccnc2)n1-c1ccc(F)cc1. The first-order valence-electron chi connectivity index (χ1n) is 10.3. The minimum absolute atomic E-state index is 0.153. The Hall–Kier alpha value is -3.56. The number of carbonyl (C=O) groups excluding carboxylic acids is 1. The van der Waals surface area contributed by atoms with Crippen LogP contribution in [0.15, 0.2) is 78.2 Å². The van der Waals surface area contributed by atoms with Crippen molar-refractivity contribution in [3.05, 3.63) is 90.0 Å². The van der Waals surface area contributed by atoms with Crippen LogP contribution in [0, 0.1) is 5.82 Å². The molecule has 0 radical (unpaired) electrons. The topological polar surface area (TPSA) is 81.9 Å². The maximum absolute atomic E-state index is 13.6. The van der Waals surface area contributed by atoms with Gasteiger partial charge >= 0.3 is 0 Å². The Bertz CT molecular complexity index is 1220. The van der Waals surface area contributed by atoms with Gasteiger partial charge in [0.25, 0.3) is 5.91 Å². The molecule has 1 amide bonds. The van der Waals surface area contributed by atoms with Crippen molar-refractivity contribution in [2.75, 3.05) is 20.3 Å². The number of halogens is 1. The van der Waals surface area contributed by atoms with Gasteiger partial charge in [0.05, 0.1) is 6.61 Å². The third-order valence-corrected chi connectivity index (χ3v) is 5.83. The van der Waals surface area contributed by atoms with Crippen LogP contribution in [0.1, 0.15) is 15.9 Å². The quantitative estimate of drug-likeness (QED) is 0.297. The zero-order valence-electron chi connectivity index (χ0n) is 17.9. The summed E-state index contributed by atoms with van der Waals surface area (Å²) in [7, 11) is 1.59. The number of thioether (sulfide) groups is 1. The molecule has 0 bridgehead atoms. The molecule has 0 saturated heterocycles. The Kier molecular flexibility index (Phi) is 7.43. The third-order valence-electron chi connectivity index (χ3n) is 4.85. The molecule has 4 rings (SSSR count). The maximum Gasteiger partial charge on any atom is 0.251 e. The number of methoxy groups -OCH3 is 1. The number of aromatic nitrogens is 4. The second-order valence-electron chi connectivity index (χ2n) is 7.05. The number of hydrogen-bond acceptors (Lipinski definition) is 6. The molecule has 2 aromatic heterocycles. The highest BCUT2D eigenvalue weighted by Crippen LogP contribution is 2.30. The summed E-state index contributed by atoms with van der Waals surface area (Å²) >= 11 is 1.45. The van der Waals surface area contributed by atoms with Crippen molar-refractivity contribution in [1.29, 1.82) is 0 Å². The lowest BCUT2D eigenvalue weighted by atomic mass is 10.1. The number of pyridine rings is 1. The Labute approximate surface area is 195 Å². The number of nitrogens with zero attached hydrogens (tertiary/aromatic N) is 4. The lowest BCUT2D eigenvalue weighted by Crippen LogP contribution is -2.27. The molecule has 0 aliphatic carbocycles. The van der Waals surface area contributed by atoms with E-state index < -0.39 is 0 Å². The molecule has 2 heterocycles. The summed E-state index contributed by atoms with van der Waals surface area (Å²) in [5.41, 5.74) is 2.99. The molecule has 9 heteroatoms. The predicted molar refractivity (Wildman–Crippen MR) is 125 cm³/mol. The summed E-state index contributed by atoms with van der Waals surface area (Å²) in [6.07, 6.45) is 3.39. The maximum atomic E-state index is 13.6. The first kappa shape index (κ1) is 22.6. The van der Waals surface area contributed by atoms with Gasteiger partial charge in [-0.25, -0.2) is 4.39 Å². The minimum atomic E-state index is -0.322. The van der Waals surface area contributed by atoms with Crippen LogP contribution in [0.4, 0.5) is 4.39 Å². The van der Waals surface area contributed by atoms with Crippen molar-refractivity contribution in [2.24, 2.45) is 0 Å². The fourth-order valence-electron chi connectivity index (χ4n) is 3.24. The van der Waals surface area contributed by atoms with Crippen molar-refractivity contribution >= 4 is 17.7 Å². The first-order chi connectivity index (χ1) is 16.2. The summed E-state index contributed by atoms with van der Waals surface area (Å²) in [4.78, 5) is 16.8. The highest BCUT2D eigenvalue weighted by atomic mass is 32.2. The smallest absolute Gasteiger partial charge is 0.251 e. The molecule has 33 heavy (non-hydrogen) atoms. The van der Waals surface area contributed by atoms with E-state index in [1.165, 1.54) is 23.9 Å². The second kappa shape index (κ2) is 10.8. The van der Waals surface area contributed by atoms with Crippen molar-refractivity contribution in [1.82, 2.24) is 25.1 Å². The van der Waals surface area contributed by atoms with Crippen LogP contribution in [0.5, 0.6) is 0 Å². The lowest BCUT2D eigenvalue weighted by molar-refractivity contribution is 0.0936. The van der Waals surface area contributed by atoms with Gasteiger partial charge in [-0.3, -0.25) is 14.3 Å². The summed E-state index contributed by atoms with van der Waals surface area (Å²) in [5.74, 6) is 0.625. The van der Waals surface area contributed by atoms with Crippen LogP contribution in [-0.2, 0) is 10.5 Å². The summed E-state index contributed by atoms with van der Waals surface area (Å²) in [5, 5.41) is 12.2. The van der Waals surface area contributed by atoms with Gasteiger partial charge in [-0.2, -0.15) is 0 Å². The number of amides is 1. The third kappa shape index (κ3) is 5.44. The Morgan fingerprint density at radius 1 is 1.09 bits per heavy atom. The van der Waals surface area contributed by atoms with E-state index in [1.54, 1.807) is 37.7 Å². The van der Waals surface area contributed by atoms with E-state index >= 15 is 0 Å². The molecule has 1 N–H and O–H groups in total. The van der Waals surface area contributed by atoms with Gasteiger partial charge in [-0.1, -0.05) is 30.0 Å². The van der Waals surface area contributed by atoms with Gasteiger partial charge in [0.15, 0.2) is 11.0 Å². The molecular weight excluding hydrogens is 441 g/mol. The van der Waals surface area contributed by atoms with E-state index in [9.17, 15) is 9.18 Å². The van der Waals surface area contributed by atoms with Crippen molar-refractivity contribution in [3.8, 4) is 17.1 Å². The van der Waals surface area contributed by atoms with E-state index in [4.69, 9.17) is 4.74 Å². The molecule has 7 nitrogen and oxygen atoms in total. The number of carbonyl (C=O) groups is 1. The standard InChI is InChI=1S/C24H22FN5O2S/c1-32-14-13-27-23(31)21-7-3-2-5-18(21)16-33-24-29-28-22(17-6-4-12-26-15-17)30(24)20-10-8-19(25)9-11-20/h2-12,15H,13-14,16H2,1H3,(H,27,31).